The monoisotopic (exact) mass is 331 g/mol. The fourth-order valence-corrected chi connectivity index (χ4v) is 2.41. The van der Waals surface area contributed by atoms with Crippen LogP contribution in [0.5, 0.6) is 5.75 Å². The number of aromatic nitrogens is 2. The third-order valence-corrected chi connectivity index (χ3v) is 3.29. The molecule has 1 heterocycles. The Bertz CT molecular complexity index is 554. The smallest absolute Gasteiger partial charge is 0.387 e. The van der Waals surface area contributed by atoms with Crippen LogP contribution in [0.15, 0.2) is 34.9 Å². The quantitative estimate of drug-likeness (QED) is 0.937. The Labute approximate surface area is 117 Å². The van der Waals surface area contributed by atoms with Crippen molar-refractivity contribution in [3.05, 3.63) is 46.2 Å². The molecule has 1 atom stereocenters. The van der Waals surface area contributed by atoms with E-state index < -0.39 is 12.7 Å². The van der Waals surface area contributed by atoms with E-state index in [1.54, 1.807) is 30.1 Å². The molecular formula is C12H12BrF2N3O. The Morgan fingerprint density at radius 2 is 2.16 bits per heavy atom. The number of rotatable bonds is 4. The fraction of sp³-hybridized carbons (Fsp3) is 0.250. The molecule has 2 N–H and O–H groups in total. The Kier molecular flexibility index (Phi) is 4.16. The van der Waals surface area contributed by atoms with Gasteiger partial charge in [0.05, 0.1) is 22.4 Å². The molecule has 0 radical (unpaired) electrons. The molecule has 0 saturated heterocycles. The molecule has 0 spiro atoms. The highest BCUT2D eigenvalue weighted by atomic mass is 79.9. The van der Waals surface area contributed by atoms with E-state index in [4.69, 9.17) is 5.73 Å². The predicted molar refractivity (Wildman–Crippen MR) is 70.0 cm³/mol. The van der Waals surface area contributed by atoms with E-state index in [-0.39, 0.29) is 5.75 Å². The number of nitrogens with two attached hydrogens (primary N) is 1. The summed E-state index contributed by atoms with van der Waals surface area (Å²) in [5.74, 6) is 0.0845. The Hall–Kier alpha value is -1.47. The normalized spacial score (nSPS) is 12.7. The van der Waals surface area contributed by atoms with E-state index >= 15 is 0 Å². The van der Waals surface area contributed by atoms with Gasteiger partial charge >= 0.3 is 6.61 Å². The van der Waals surface area contributed by atoms with Crippen molar-refractivity contribution in [2.75, 3.05) is 0 Å². The van der Waals surface area contributed by atoms with Crippen LogP contribution in [0, 0.1) is 0 Å². The van der Waals surface area contributed by atoms with Crippen LogP contribution in [0.2, 0.25) is 0 Å². The van der Waals surface area contributed by atoms with Gasteiger partial charge in [-0.1, -0.05) is 12.1 Å². The number of ether oxygens (including phenoxy) is 1. The summed E-state index contributed by atoms with van der Waals surface area (Å²) in [5, 5.41) is 4.07. The van der Waals surface area contributed by atoms with Crippen molar-refractivity contribution in [1.82, 2.24) is 9.78 Å². The molecule has 7 heteroatoms. The summed E-state index contributed by atoms with van der Waals surface area (Å²) in [4.78, 5) is 0. The van der Waals surface area contributed by atoms with Crippen LogP contribution in [0.1, 0.15) is 17.3 Å². The van der Waals surface area contributed by atoms with Gasteiger partial charge in [-0.05, 0) is 33.6 Å². The van der Waals surface area contributed by atoms with Crippen molar-refractivity contribution in [1.29, 1.82) is 0 Å². The number of aryl methyl sites for hydroxylation is 1. The summed E-state index contributed by atoms with van der Waals surface area (Å²) >= 11 is 3.36. The molecule has 1 aromatic heterocycles. The minimum absolute atomic E-state index is 0.0845. The van der Waals surface area contributed by atoms with E-state index in [0.717, 1.165) is 10.2 Å². The fourth-order valence-electron chi connectivity index (χ4n) is 1.81. The third kappa shape index (κ3) is 3.10. The molecule has 0 aliphatic rings. The zero-order valence-electron chi connectivity index (χ0n) is 10.1. The summed E-state index contributed by atoms with van der Waals surface area (Å²) in [6.07, 6.45) is 1.63. The van der Waals surface area contributed by atoms with E-state index in [1.807, 2.05) is 0 Å². The van der Waals surface area contributed by atoms with Crippen LogP contribution in [-0.4, -0.2) is 16.4 Å². The van der Waals surface area contributed by atoms with Crippen LogP contribution in [0.25, 0.3) is 0 Å². The Balaban J connectivity index is 2.31. The van der Waals surface area contributed by atoms with E-state index in [1.165, 1.54) is 12.1 Å². The van der Waals surface area contributed by atoms with Gasteiger partial charge in [0.15, 0.2) is 0 Å². The molecule has 2 rings (SSSR count). The molecule has 0 aliphatic carbocycles. The maximum atomic E-state index is 12.2. The second kappa shape index (κ2) is 5.66. The first kappa shape index (κ1) is 14.0. The van der Waals surface area contributed by atoms with Crippen LogP contribution < -0.4 is 10.5 Å². The summed E-state index contributed by atoms with van der Waals surface area (Å²) in [7, 11) is 1.76. The third-order valence-electron chi connectivity index (χ3n) is 2.67. The number of hydrogen-bond acceptors (Lipinski definition) is 3. The first-order valence-corrected chi connectivity index (χ1v) is 6.26. The van der Waals surface area contributed by atoms with Gasteiger partial charge in [-0.2, -0.15) is 13.9 Å². The number of nitrogens with zero attached hydrogens (tertiary/aromatic N) is 2. The van der Waals surface area contributed by atoms with Crippen LogP contribution in [0.3, 0.4) is 0 Å². The van der Waals surface area contributed by atoms with Gasteiger partial charge in [0.2, 0.25) is 0 Å². The van der Waals surface area contributed by atoms with Crippen molar-refractivity contribution in [2.24, 2.45) is 12.8 Å². The second-order valence-electron chi connectivity index (χ2n) is 3.93. The Morgan fingerprint density at radius 1 is 1.42 bits per heavy atom. The highest BCUT2D eigenvalue weighted by Crippen LogP contribution is 2.28. The molecule has 0 bridgehead atoms. The molecular weight excluding hydrogens is 320 g/mol. The van der Waals surface area contributed by atoms with Gasteiger partial charge in [-0.25, -0.2) is 0 Å². The molecule has 0 amide bonds. The maximum Gasteiger partial charge on any atom is 0.387 e. The highest BCUT2D eigenvalue weighted by molar-refractivity contribution is 9.10. The van der Waals surface area contributed by atoms with Crippen molar-refractivity contribution < 1.29 is 13.5 Å². The molecule has 1 aromatic carbocycles. The van der Waals surface area contributed by atoms with Crippen molar-refractivity contribution in [3.63, 3.8) is 0 Å². The van der Waals surface area contributed by atoms with Gasteiger partial charge in [0.25, 0.3) is 0 Å². The first-order chi connectivity index (χ1) is 8.99. The summed E-state index contributed by atoms with van der Waals surface area (Å²) in [6.45, 7) is -2.85. The summed E-state index contributed by atoms with van der Waals surface area (Å²) in [6, 6.07) is 5.85. The molecule has 102 valence electrons. The van der Waals surface area contributed by atoms with Gasteiger partial charge in [0.1, 0.15) is 5.75 Å². The van der Waals surface area contributed by atoms with Gasteiger partial charge in [0, 0.05) is 7.05 Å². The maximum absolute atomic E-state index is 12.2. The van der Waals surface area contributed by atoms with E-state index in [0.29, 0.717) is 5.56 Å². The minimum atomic E-state index is -2.85. The topological polar surface area (TPSA) is 53.1 Å². The lowest BCUT2D eigenvalue weighted by Gasteiger charge is -2.14. The lowest BCUT2D eigenvalue weighted by atomic mass is 10.0. The molecule has 2 aromatic rings. The van der Waals surface area contributed by atoms with E-state index in [2.05, 4.69) is 25.8 Å². The van der Waals surface area contributed by atoms with Crippen LogP contribution >= 0.6 is 15.9 Å². The van der Waals surface area contributed by atoms with Crippen molar-refractivity contribution in [2.45, 2.75) is 12.7 Å². The molecule has 4 nitrogen and oxygen atoms in total. The lowest BCUT2D eigenvalue weighted by Crippen LogP contribution is -2.16. The molecule has 0 aliphatic heterocycles. The largest absolute Gasteiger partial charge is 0.435 e. The standard InChI is InChI=1S/C12H12BrF2N3O/c1-18-11(9(13)6-17-18)10(16)7-3-2-4-8(5-7)19-12(14)15/h2-6,10,12H,16H2,1H3. The SMILES string of the molecule is Cn1ncc(Br)c1C(N)c1cccc(OC(F)F)c1. The van der Waals surface area contributed by atoms with Crippen LogP contribution in [-0.2, 0) is 7.05 Å². The van der Waals surface area contributed by atoms with Gasteiger partial charge in [-0.15, -0.1) is 0 Å². The minimum Gasteiger partial charge on any atom is -0.435 e. The van der Waals surface area contributed by atoms with Crippen molar-refractivity contribution in [3.8, 4) is 5.75 Å². The number of alkyl halides is 2. The van der Waals surface area contributed by atoms with Crippen molar-refractivity contribution >= 4 is 15.9 Å². The second-order valence-corrected chi connectivity index (χ2v) is 4.78. The highest BCUT2D eigenvalue weighted by Gasteiger charge is 2.17. The number of benzene rings is 1. The average Bonchev–Trinajstić information content (AvgIpc) is 2.68. The molecule has 19 heavy (non-hydrogen) atoms. The average molecular weight is 332 g/mol. The summed E-state index contributed by atoms with van der Waals surface area (Å²) in [5.41, 5.74) is 7.56. The van der Waals surface area contributed by atoms with Crippen LogP contribution in [0.4, 0.5) is 8.78 Å². The van der Waals surface area contributed by atoms with E-state index in [9.17, 15) is 8.78 Å². The number of hydrogen-bond donors (Lipinski definition) is 1. The molecule has 1 unspecified atom stereocenters. The van der Waals surface area contributed by atoms with Gasteiger partial charge < -0.3 is 10.5 Å². The lowest BCUT2D eigenvalue weighted by molar-refractivity contribution is -0.0498. The first-order valence-electron chi connectivity index (χ1n) is 5.46. The van der Waals surface area contributed by atoms with Gasteiger partial charge in [-0.3, -0.25) is 4.68 Å². The molecule has 0 saturated carbocycles. The Morgan fingerprint density at radius 3 is 2.74 bits per heavy atom. The molecule has 0 fully saturated rings. The number of halogens is 3. The zero-order chi connectivity index (χ0) is 14.0. The summed E-state index contributed by atoms with van der Waals surface area (Å²) < 4.78 is 31.1. The zero-order valence-corrected chi connectivity index (χ0v) is 11.6. The predicted octanol–water partition coefficient (Wildman–Crippen LogP) is 2.83.